The summed E-state index contributed by atoms with van der Waals surface area (Å²) in [5.74, 6) is 7.70. The van der Waals surface area contributed by atoms with E-state index in [1.54, 1.807) is 6.20 Å². The molecule has 0 bridgehead atoms. The van der Waals surface area contributed by atoms with Crippen LogP contribution in [0, 0.1) is 23.7 Å². The molecule has 0 unspecified atom stereocenters. The second-order valence-electron chi connectivity index (χ2n) is 4.20. The Kier molecular flexibility index (Phi) is 2.87. The molecular formula is C14H15N. The highest BCUT2D eigenvalue weighted by Gasteiger charge is 2.18. The number of nitrogens with zero attached hydrogens (tertiary/aromatic N) is 1. The Morgan fingerprint density at radius 2 is 2.13 bits per heavy atom. The van der Waals surface area contributed by atoms with Crippen LogP contribution in [0.25, 0.3) is 0 Å². The van der Waals surface area contributed by atoms with Gasteiger partial charge in [0.05, 0.1) is 0 Å². The maximum atomic E-state index is 4.18. The average molecular weight is 197 g/mol. The van der Waals surface area contributed by atoms with Gasteiger partial charge in [-0.25, -0.2) is 4.98 Å². The molecule has 1 aromatic rings. The van der Waals surface area contributed by atoms with Crippen molar-refractivity contribution in [2.24, 2.45) is 11.8 Å². The lowest BCUT2D eigenvalue weighted by Gasteiger charge is -2.05. The lowest BCUT2D eigenvalue weighted by molar-refractivity contribution is 0.496. The molecule has 1 nitrogen and oxygen atoms in total. The molecule has 0 radical (unpaired) electrons. The third-order valence-corrected chi connectivity index (χ3v) is 2.92. The van der Waals surface area contributed by atoms with E-state index in [9.17, 15) is 0 Å². The molecule has 2 atom stereocenters. The van der Waals surface area contributed by atoms with Crippen molar-refractivity contribution in [2.75, 3.05) is 0 Å². The molecule has 0 spiro atoms. The van der Waals surface area contributed by atoms with Crippen molar-refractivity contribution >= 4 is 0 Å². The monoisotopic (exact) mass is 197 g/mol. The molecule has 0 aliphatic heterocycles. The predicted molar refractivity (Wildman–Crippen MR) is 62.1 cm³/mol. The van der Waals surface area contributed by atoms with Crippen molar-refractivity contribution in [2.45, 2.75) is 20.3 Å². The summed E-state index contributed by atoms with van der Waals surface area (Å²) in [6, 6.07) is 5.81. The van der Waals surface area contributed by atoms with Crippen molar-refractivity contribution in [3.63, 3.8) is 0 Å². The first kappa shape index (κ1) is 9.98. The van der Waals surface area contributed by atoms with Crippen molar-refractivity contribution in [3.8, 4) is 11.8 Å². The summed E-state index contributed by atoms with van der Waals surface area (Å²) in [6.45, 7) is 4.52. The highest BCUT2D eigenvalue weighted by molar-refractivity contribution is 5.39. The van der Waals surface area contributed by atoms with Crippen molar-refractivity contribution in [1.29, 1.82) is 0 Å². The lowest BCUT2D eigenvalue weighted by atomic mass is 10.00. The van der Waals surface area contributed by atoms with Crippen LogP contribution >= 0.6 is 0 Å². The molecule has 1 aliphatic rings. The molecule has 0 saturated heterocycles. The van der Waals surface area contributed by atoms with Gasteiger partial charge in [0, 0.05) is 6.20 Å². The third-order valence-electron chi connectivity index (χ3n) is 2.92. The largest absolute Gasteiger partial charge is 0.248 e. The number of hydrogen-bond donors (Lipinski definition) is 0. The SMILES string of the molecule is C[C@H]1C=C(C#Cc2ccccn2)C[C@@H]1C. The molecule has 0 N–H and O–H groups in total. The van der Waals surface area contributed by atoms with Gasteiger partial charge in [-0.15, -0.1) is 0 Å². The Morgan fingerprint density at radius 3 is 2.73 bits per heavy atom. The van der Waals surface area contributed by atoms with Gasteiger partial charge in [0.15, 0.2) is 0 Å². The average Bonchev–Trinajstić information content (AvgIpc) is 2.57. The van der Waals surface area contributed by atoms with Crippen LogP contribution in [0.2, 0.25) is 0 Å². The van der Waals surface area contributed by atoms with Crippen LogP contribution in [0.4, 0.5) is 0 Å². The van der Waals surface area contributed by atoms with Gasteiger partial charge in [-0.05, 0) is 41.9 Å². The molecule has 1 aromatic heterocycles. The minimum Gasteiger partial charge on any atom is -0.248 e. The van der Waals surface area contributed by atoms with Crippen molar-refractivity contribution in [1.82, 2.24) is 4.98 Å². The minimum absolute atomic E-state index is 0.665. The maximum absolute atomic E-state index is 4.18. The zero-order valence-electron chi connectivity index (χ0n) is 9.20. The van der Waals surface area contributed by atoms with Crippen LogP contribution in [0.3, 0.4) is 0 Å². The zero-order valence-corrected chi connectivity index (χ0v) is 9.20. The lowest BCUT2D eigenvalue weighted by Crippen LogP contribution is -1.96. The van der Waals surface area contributed by atoms with E-state index < -0.39 is 0 Å². The number of hydrogen-bond acceptors (Lipinski definition) is 1. The van der Waals surface area contributed by atoms with Gasteiger partial charge in [-0.1, -0.05) is 31.9 Å². The molecule has 1 aliphatic carbocycles. The summed E-state index contributed by atoms with van der Waals surface area (Å²) in [6.07, 6.45) is 5.17. The van der Waals surface area contributed by atoms with Gasteiger partial charge >= 0.3 is 0 Å². The molecule has 1 heterocycles. The Bertz CT molecular complexity index is 420. The van der Waals surface area contributed by atoms with E-state index in [-0.39, 0.29) is 0 Å². The van der Waals surface area contributed by atoms with Gasteiger partial charge in [0.25, 0.3) is 0 Å². The first-order chi connectivity index (χ1) is 7.25. The van der Waals surface area contributed by atoms with Crippen LogP contribution in [0.5, 0.6) is 0 Å². The quantitative estimate of drug-likeness (QED) is 0.582. The van der Waals surface area contributed by atoms with Crippen LogP contribution in [-0.4, -0.2) is 4.98 Å². The van der Waals surface area contributed by atoms with E-state index in [4.69, 9.17) is 0 Å². The Balaban J connectivity index is 2.11. The first-order valence-corrected chi connectivity index (χ1v) is 5.39. The summed E-state index contributed by atoms with van der Waals surface area (Å²) in [5.41, 5.74) is 2.12. The number of allylic oxidation sites excluding steroid dienone is 2. The van der Waals surface area contributed by atoms with Gasteiger partial charge < -0.3 is 0 Å². The van der Waals surface area contributed by atoms with Crippen LogP contribution in [0.15, 0.2) is 36.0 Å². The highest BCUT2D eigenvalue weighted by Crippen LogP contribution is 2.29. The summed E-state index contributed by atoms with van der Waals surface area (Å²) >= 11 is 0. The van der Waals surface area contributed by atoms with Crippen LogP contribution in [0.1, 0.15) is 26.0 Å². The molecule has 0 aromatic carbocycles. The Labute approximate surface area is 91.2 Å². The number of aromatic nitrogens is 1. The van der Waals surface area contributed by atoms with Crippen molar-refractivity contribution in [3.05, 3.63) is 41.7 Å². The van der Waals surface area contributed by atoms with E-state index >= 15 is 0 Å². The number of rotatable bonds is 0. The molecule has 0 fully saturated rings. The van der Waals surface area contributed by atoms with E-state index in [0.29, 0.717) is 5.92 Å². The normalized spacial score (nSPS) is 24.3. The fourth-order valence-corrected chi connectivity index (χ4v) is 1.76. The first-order valence-electron chi connectivity index (χ1n) is 5.39. The van der Waals surface area contributed by atoms with E-state index in [2.05, 4.69) is 36.7 Å². The molecule has 2 rings (SSSR count). The fourth-order valence-electron chi connectivity index (χ4n) is 1.76. The topological polar surface area (TPSA) is 12.9 Å². The zero-order chi connectivity index (χ0) is 10.7. The molecule has 0 saturated carbocycles. The highest BCUT2D eigenvalue weighted by atomic mass is 14.6. The summed E-state index contributed by atoms with van der Waals surface area (Å²) in [7, 11) is 0. The van der Waals surface area contributed by atoms with Gasteiger partial charge in [-0.3, -0.25) is 0 Å². The van der Waals surface area contributed by atoms with Gasteiger partial charge in [-0.2, -0.15) is 0 Å². The molecule has 15 heavy (non-hydrogen) atoms. The van der Waals surface area contributed by atoms with Crippen LogP contribution in [-0.2, 0) is 0 Å². The van der Waals surface area contributed by atoms with E-state index in [1.807, 2.05) is 18.2 Å². The Hall–Kier alpha value is -1.55. The van der Waals surface area contributed by atoms with Crippen LogP contribution < -0.4 is 0 Å². The molecular weight excluding hydrogens is 182 g/mol. The fraction of sp³-hybridized carbons (Fsp3) is 0.357. The number of pyridine rings is 1. The second kappa shape index (κ2) is 4.31. The standard InChI is InChI=1S/C14H15N/c1-11-9-13(10-12(11)2)6-7-14-5-3-4-8-15-14/h3-5,8-9,11-12H,10H2,1-2H3/t11-,12-/m0/s1. The maximum Gasteiger partial charge on any atom is 0.113 e. The second-order valence-corrected chi connectivity index (χ2v) is 4.20. The smallest absolute Gasteiger partial charge is 0.113 e. The predicted octanol–water partition coefficient (Wildman–Crippen LogP) is 3.04. The van der Waals surface area contributed by atoms with Crippen molar-refractivity contribution < 1.29 is 0 Å². The van der Waals surface area contributed by atoms with E-state index in [1.165, 1.54) is 5.57 Å². The molecule has 0 amide bonds. The molecule has 76 valence electrons. The summed E-state index contributed by atoms with van der Waals surface area (Å²) in [5, 5.41) is 0. The molecule has 1 heteroatoms. The summed E-state index contributed by atoms with van der Waals surface area (Å²) in [4.78, 5) is 4.18. The Morgan fingerprint density at radius 1 is 1.27 bits per heavy atom. The minimum atomic E-state index is 0.665. The third kappa shape index (κ3) is 2.47. The van der Waals surface area contributed by atoms with E-state index in [0.717, 1.165) is 18.0 Å². The van der Waals surface area contributed by atoms with Gasteiger partial charge in [0.1, 0.15) is 5.69 Å². The summed E-state index contributed by atoms with van der Waals surface area (Å²) < 4.78 is 0. The van der Waals surface area contributed by atoms with Gasteiger partial charge in [0.2, 0.25) is 0 Å².